The number of rotatable bonds is 3. The highest BCUT2D eigenvalue weighted by molar-refractivity contribution is 6.15. The predicted octanol–water partition coefficient (Wildman–Crippen LogP) is 2.56. The average molecular weight is 334 g/mol. The third kappa shape index (κ3) is 3.34. The highest BCUT2D eigenvalue weighted by Gasteiger charge is 2.39. The number of nitrogens with one attached hydrogen (secondary N) is 1. The smallest absolute Gasteiger partial charge is 0.350 e. The summed E-state index contributed by atoms with van der Waals surface area (Å²) in [7, 11) is 0. The zero-order valence-corrected chi connectivity index (χ0v) is 13.6. The van der Waals surface area contributed by atoms with Crippen molar-refractivity contribution in [3.05, 3.63) is 35.8 Å². The van der Waals surface area contributed by atoms with E-state index in [0.717, 1.165) is 31.6 Å². The largest absolute Gasteiger partial charge is 0.419 e. The topological polar surface area (TPSA) is 67.9 Å². The number of ether oxygens (including phenoxy) is 2. The van der Waals surface area contributed by atoms with Crippen molar-refractivity contribution in [2.24, 2.45) is 0 Å². The molecule has 6 nitrogen and oxygen atoms in total. The van der Waals surface area contributed by atoms with Gasteiger partial charge in [0.05, 0.1) is 11.4 Å². The molecule has 2 heterocycles. The minimum absolute atomic E-state index is 0.258. The maximum Gasteiger partial charge on any atom is 0.350 e. The van der Waals surface area contributed by atoms with Gasteiger partial charge in [-0.1, -0.05) is 0 Å². The van der Waals surface area contributed by atoms with Crippen LogP contribution in [0.5, 0.6) is 0 Å². The molecule has 0 aliphatic carbocycles. The van der Waals surface area contributed by atoms with Crippen molar-refractivity contribution in [2.45, 2.75) is 32.5 Å². The first-order valence-electron chi connectivity index (χ1n) is 7.84. The molecule has 0 radical (unpaired) electrons. The second-order valence-electron chi connectivity index (χ2n) is 6.24. The summed E-state index contributed by atoms with van der Waals surface area (Å²) < 4.78 is 23.6. The van der Waals surface area contributed by atoms with E-state index in [9.17, 15) is 14.0 Å². The number of benzene rings is 1. The maximum absolute atomic E-state index is 13.6. The van der Waals surface area contributed by atoms with E-state index in [0.29, 0.717) is 5.69 Å². The molecule has 2 aliphatic heterocycles. The quantitative estimate of drug-likeness (QED) is 0.520. The lowest BCUT2D eigenvalue weighted by Gasteiger charge is -2.29. The predicted molar refractivity (Wildman–Crippen MR) is 85.8 cm³/mol. The second kappa shape index (κ2) is 6.14. The standard InChI is InChI=1S/C17H19FN2O4/c1-17(2)23-15(21)12(16(22)24-17)10-19-13-9-11(18)5-6-14(13)20-7-3-4-8-20/h5-6,9-10,19H,3-4,7-8H2,1-2H3. The molecular weight excluding hydrogens is 315 g/mol. The number of carbonyl (C=O) groups is 2. The zero-order chi connectivity index (χ0) is 17.3. The van der Waals surface area contributed by atoms with Gasteiger partial charge in [-0.25, -0.2) is 14.0 Å². The molecule has 0 spiro atoms. The van der Waals surface area contributed by atoms with Crippen molar-refractivity contribution in [3.8, 4) is 0 Å². The number of halogens is 1. The SMILES string of the molecule is CC1(C)OC(=O)C(=CNc2cc(F)ccc2N2CCCC2)C(=O)O1. The molecule has 1 aromatic rings. The van der Waals surface area contributed by atoms with E-state index in [2.05, 4.69) is 10.2 Å². The minimum Gasteiger partial charge on any atom is -0.419 e. The van der Waals surface area contributed by atoms with Gasteiger partial charge in [-0.2, -0.15) is 0 Å². The summed E-state index contributed by atoms with van der Waals surface area (Å²) in [6.45, 7) is 4.72. The number of hydrogen-bond donors (Lipinski definition) is 1. The second-order valence-corrected chi connectivity index (χ2v) is 6.24. The Balaban J connectivity index is 1.84. The third-order valence-corrected chi connectivity index (χ3v) is 3.89. The van der Waals surface area contributed by atoms with E-state index >= 15 is 0 Å². The van der Waals surface area contributed by atoms with E-state index in [-0.39, 0.29) is 5.57 Å². The van der Waals surface area contributed by atoms with Gasteiger partial charge in [0.2, 0.25) is 0 Å². The summed E-state index contributed by atoms with van der Waals surface area (Å²) in [4.78, 5) is 26.0. The van der Waals surface area contributed by atoms with Crippen LogP contribution in [0, 0.1) is 5.82 Å². The van der Waals surface area contributed by atoms with Gasteiger partial charge in [-0.05, 0) is 31.0 Å². The summed E-state index contributed by atoms with van der Waals surface area (Å²) in [6, 6.07) is 4.40. The van der Waals surface area contributed by atoms with E-state index < -0.39 is 23.5 Å². The summed E-state index contributed by atoms with van der Waals surface area (Å²) in [5, 5.41) is 2.84. The molecule has 0 amide bonds. The number of hydrogen-bond acceptors (Lipinski definition) is 6. The summed E-state index contributed by atoms with van der Waals surface area (Å²) in [5.41, 5.74) is 1.05. The number of nitrogens with zero attached hydrogens (tertiary/aromatic N) is 1. The number of cyclic esters (lactones) is 2. The van der Waals surface area contributed by atoms with Crippen LogP contribution < -0.4 is 10.2 Å². The fourth-order valence-corrected chi connectivity index (χ4v) is 2.79. The van der Waals surface area contributed by atoms with Gasteiger partial charge in [-0.3, -0.25) is 0 Å². The highest BCUT2D eigenvalue weighted by Crippen LogP contribution is 2.30. The lowest BCUT2D eigenvalue weighted by atomic mass is 10.2. The first kappa shape index (κ1) is 16.3. The third-order valence-electron chi connectivity index (χ3n) is 3.89. The highest BCUT2D eigenvalue weighted by atomic mass is 19.1. The van der Waals surface area contributed by atoms with Gasteiger partial charge < -0.3 is 19.7 Å². The van der Waals surface area contributed by atoms with E-state index in [4.69, 9.17) is 9.47 Å². The molecule has 0 bridgehead atoms. The molecule has 2 saturated heterocycles. The van der Waals surface area contributed by atoms with Gasteiger partial charge in [0, 0.05) is 33.1 Å². The first-order chi connectivity index (χ1) is 11.4. The molecule has 24 heavy (non-hydrogen) atoms. The molecule has 7 heteroatoms. The minimum atomic E-state index is -1.29. The van der Waals surface area contributed by atoms with Gasteiger partial charge in [-0.15, -0.1) is 0 Å². The number of carbonyl (C=O) groups excluding carboxylic acids is 2. The molecule has 0 aromatic heterocycles. The summed E-state index contributed by atoms with van der Waals surface area (Å²) in [5.74, 6) is -3.25. The zero-order valence-electron chi connectivity index (χ0n) is 13.6. The molecule has 2 aliphatic rings. The van der Waals surface area contributed by atoms with Crippen molar-refractivity contribution in [1.29, 1.82) is 0 Å². The van der Waals surface area contributed by atoms with Crippen LogP contribution >= 0.6 is 0 Å². The molecule has 0 unspecified atom stereocenters. The molecule has 128 valence electrons. The number of anilines is 2. The van der Waals surface area contributed by atoms with E-state index in [1.54, 1.807) is 6.07 Å². The van der Waals surface area contributed by atoms with Crippen molar-refractivity contribution in [3.63, 3.8) is 0 Å². The van der Waals surface area contributed by atoms with Crippen LogP contribution in [0.3, 0.4) is 0 Å². The van der Waals surface area contributed by atoms with Crippen molar-refractivity contribution in [1.82, 2.24) is 0 Å². The van der Waals surface area contributed by atoms with E-state index in [1.165, 1.54) is 32.2 Å². The fraction of sp³-hybridized carbons (Fsp3) is 0.412. The first-order valence-corrected chi connectivity index (χ1v) is 7.84. The maximum atomic E-state index is 13.6. The van der Waals surface area contributed by atoms with Crippen LogP contribution in [-0.2, 0) is 19.1 Å². The summed E-state index contributed by atoms with van der Waals surface area (Å²) in [6.07, 6.45) is 3.35. The van der Waals surface area contributed by atoms with Crippen LogP contribution in [0.25, 0.3) is 0 Å². The van der Waals surface area contributed by atoms with Gasteiger partial charge >= 0.3 is 11.9 Å². The molecule has 2 fully saturated rings. The van der Waals surface area contributed by atoms with Gasteiger partial charge in [0.1, 0.15) is 5.82 Å². The Morgan fingerprint density at radius 2 is 1.79 bits per heavy atom. The van der Waals surface area contributed by atoms with Crippen molar-refractivity contribution >= 4 is 23.3 Å². The lowest BCUT2D eigenvalue weighted by Crippen LogP contribution is -2.42. The van der Waals surface area contributed by atoms with Gasteiger partial charge in [0.25, 0.3) is 5.79 Å². The Morgan fingerprint density at radius 1 is 1.17 bits per heavy atom. The Kier molecular flexibility index (Phi) is 4.17. The van der Waals surface area contributed by atoms with Crippen molar-refractivity contribution < 1.29 is 23.5 Å². The van der Waals surface area contributed by atoms with Crippen molar-refractivity contribution in [2.75, 3.05) is 23.3 Å². The molecule has 1 N–H and O–H groups in total. The molecule has 0 atom stereocenters. The normalized spacial score (nSPS) is 19.8. The van der Waals surface area contributed by atoms with Crippen LogP contribution in [-0.4, -0.2) is 30.8 Å². The Bertz CT molecular complexity index is 687. The summed E-state index contributed by atoms with van der Waals surface area (Å²) >= 11 is 0. The average Bonchev–Trinajstić information content (AvgIpc) is 2.99. The molecule has 0 saturated carbocycles. The van der Waals surface area contributed by atoms with Crippen LogP contribution in [0.15, 0.2) is 30.0 Å². The molecule has 3 rings (SSSR count). The van der Waals surface area contributed by atoms with E-state index in [1.807, 2.05) is 0 Å². The van der Waals surface area contributed by atoms with Crippen LogP contribution in [0.1, 0.15) is 26.7 Å². The monoisotopic (exact) mass is 334 g/mol. The lowest BCUT2D eigenvalue weighted by molar-refractivity contribution is -0.222. The van der Waals surface area contributed by atoms with Crippen LogP contribution in [0.4, 0.5) is 15.8 Å². The number of esters is 2. The Labute approximate surface area is 139 Å². The Hall–Kier alpha value is -2.57. The Morgan fingerprint density at radius 3 is 2.42 bits per heavy atom. The molecule has 1 aromatic carbocycles. The van der Waals surface area contributed by atoms with Crippen LogP contribution in [0.2, 0.25) is 0 Å². The van der Waals surface area contributed by atoms with Gasteiger partial charge in [0.15, 0.2) is 5.57 Å². The fourth-order valence-electron chi connectivity index (χ4n) is 2.79. The molecular formula is C17H19FN2O4.